The average molecular weight is 765 g/mol. The summed E-state index contributed by atoms with van der Waals surface area (Å²) in [5, 5.41) is 4.83. The number of benzene rings is 5. The molecule has 0 unspecified atom stereocenters. The summed E-state index contributed by atoms with van der Waals surface area (Å²) in [5.74, 6) is 1.76. The number of fused-ring (bicyclic) bond motifs is 6. The summed E-state index contributed by atoms with van der Waals surface area (Å²) in [4.78, 5) is 10.3. The molecule has 3 aromatic heterocycles. The molecule has 0 N–H and O–H groups in total. The highest BCUT2D eigenvalue weighted by molar-refractivity contribution is 6.12. The quantitative estimate of drug-likeness (QED) is 0.162. The molecule has 1 aliphatic heterocycles. The second-order valence-corrected chi connectivity index (χ2v) is 18.9. The van der Waals surface area contributed by atoms with E-state index in [4.69, 9.17) is 14.7 Å². The summed E-state index contributed by atoms with van der Waals surface area (Å²) in [6.45, 7) is 25.5. The molecule has 0 fully saturated rings. The maximum Gasteiger partial charge on any atom is 0.216 e. The maximum atomic E-state index is 6.53. The van der Waals surface area contributed by atoms with Crippen molar-refractivity contribution in [3.63, 3.8) is 0 Å². The molecule has 0 aliphatic carbocycles. The van der Waals surface area contributed by atoms with Gasteiger partial charge in [-0.3, -0.25) is 4.57 Å². The molecule has 294 valence electrons. The van der Waals surface area contributed by atoms with E-state index < -0.39 is 0 Å². The van der Waals surface area contributed by atoms with E-state index in [1.54, 1.807) is 0 Å². The predicted octanol–water partition coefficient (Wildman–Crippen LogP) is 14.0. The largest absolute Gasteiger partial charge is 0.475 e. The van der Waals surface area contributed by atoms with Crippen LogP contribution in [-0.4, -0.2) is 32.2 Å². The first-order chi connectivity index (χ1) is 27.6. The molecule has 0 spiro atoms. The van der Waals surface area contributed by atoms with Crippen LogP contribution in [0, 0.1) is 12.8 Å². The Morgan fingerprint density at radius 3 is 2.02 bits per heavy atom. The second kappa shape index (κ2) is 13.7. The van der Waals surface area contributed by atoms with Crippen LogP contribution in [0.2, 0.25) is 0 Å². The lowest BCUT2D eigenvalue weighted by molar-refractivity contribution is 0.224. The fraction of sp³-hybridized carbons (Fsp3) is 0.321. The molecule has 5 nitrogen and oxygen atoms in total. The molecule has 5 aromatic carbocycles. The van der Waals surface area contributed by atoms with Crippen LogP contribution in [0.3, 0.4) is 0 Å². The maximum absolute atomic E-state index is 6.53. The summed E-state index contributed by atoms with van der Waals surface area (Å²) >= 11 is 0. The molecule has 1 aliphatic rings. The third-order valence-corrected chi connectivity index (χ3v) is 12.7. The van der Waals surface area contributed by atoms with Crippen molar-refractivity contribution < 1.29 is 4.74 Å². The molecule has 0 saturated carbocycles. The lowest BCUT2D eigenvalue weighted by Crippen LogP contribution is -2.30. The van der Waals surface area contributed by atoms with Crippen LogP contribution in [0.15, 0.2) is 114 Å². The summed E-state index contributed by atoms with van der Waals surface area (Å²) in [6.07, 6.45) is 1.91. The summed E-state index contributed by atoms with van der Waals surface area (Å²) < 4.78 is 11.3. The van der Waals surface area contributed by atoms with Gasteiger partial charge in [-0.15, -0.1) is 0 Å². The van der Waals surface area contributed by atoms with Crippen molar-refractivity contribution in [2.75, 3.05) is 6.61 Å². The van der Waals surface area contributed by atoms with Crippen molar-refractivity contribution in [3.8, 4) is 22.5 Å². The number of aryl methyl sites for hydroxylation is 1. The number of rotatable bonds is 7. The molecule has 5 heteroatoms. The van der Waals surface area contributed by atoms with E-state index in [0.717, 1.165) is 44.9 Å². The Morgan fingerprint density at radius 1 is 0.638 bits per heavy atom. The molecule has 0 amide bonds. The van der Waals surface area contributed by atoms with Crippen molar-refractivity contribution in [2.45, 2.75) is 99.0 Å². The molecule has 0 saturated heterocycles. The fourth-order valence-corrected chi connectivity index (χ4v) is 8.96. The van der Waals surface area contributed by atoms with E-state index in [1.807, 2.05) is 12.3 Å². The van der Waals surface area contributed by atoms with E-state index in [-0.39, 0.29) is 11.0 Å². The topological polar surface area (TPSA) is 44.3 Å². The minimum absolute atomic E-state index is 0.0321. The summed E-state index contributed by atoms with van der Waals surface area (Å²) in [5.41, 5.74) is 15.1. The average Bonchev–Trinajstić information content (AvgIpc) is 3.86. The van der Waals surface area contributed by atoms with E-state index in [1.165, 1.54) is 55.1 Å². The number of hydrogen-bond donors (Lipinski definition) is 0. The normalized spacial score (nSPS) is 16.2. The van der Waals surface area contributed by atoms with Gasteiger partial charge in [0.15, 0.2) is 0 Å². The molecule has 8 aromatic rings. The summed E-state index contributed by atoms with van der Waals surface area (Å²) in [7, 11) is 0. The van der Waals surface area contributed by atoms with Crippen molar-refractivity contribution in [2.24, 2.45) is 10.9 Å². The van der Waals surface area contributed by atoms with Crippen LogP contribution in [0.25, 0.3) is 66.2 Å². The minimum Gasteiger partial charge on any atom is -0.475 e. The van der Waals surface area contributed by atoms with Crippen LogP contribution in [0.5, 0.6) is 0 Å². The SMILES string of the molecule is Cc1ccc2c(c1)c1ccc(-n3c4ccc(C(C)(C)C)cc4c4cccnc43)cc1n2-c1cc(C2=N[C@](C)(C(C)C)CO2)cc(-c2c(C(C)C)cccc2C(C)C)c1. The van der Waals surface area contributed by atoms with Crippen LogP contribution < -0.4 is 0 Å². The zero-order chi connectivity index (χ0) is 40.8. The van der Waals surface area contributed by atoms with Crippen molar-refractivity contribution >= 4 is 49.6 Å². The van der Waals surface area contributed by atoms with E-state index in [0.29, 0.717) is 24.4 Å². The lowest BCUT2D eigenvalue weighted by atomic mass is 9.84. The van der Waals surface area contributed by atoms with Gasteiger partial charge in [-0.25, -0.2) is 9.98 Å². The first-order valence-corrected chi connectivity index (χ1v) is 21.1. The number of pyridine rings is 1. The van der Waals surface area contributed by atoms with Gasteiger partial charge in [0.2, 0.25) is 5.90 Å². The van der Waals surface area contributed by atoms with Gasteiger partial charge in [-0.1, -0.05) is 104 Å². The number of ether oxygens (including phenoxy) is 1. The van der Waals surface area contributed by atoms with Crippen molar-refractivity contribution in [3.05, 3.63) is 137 Å². The highest BCUT2D eigenvalue weighted by Gasteiger charge is 2.36. The first-order valence-electron chi connectivity index (χ1n) is 21.1. The Morgan fingerprint density at radius 2 is 1.33 bits per heavy atom. The Kier molecular flexibility index (Phi) is 8.96. The van der Waals surface area contributed by atoms with Crippen LogP contribution in [0.4, 0.5) is 0 Å². The number of aromatic nitrogens is 3. The standard InChI is InChI=1S/C53H56N4O/c1-31(2)40-14-12-15-41(32(3)4)49(40)35-25-36(51-55-53(11,30-58-51)33(5)6)27-39(26-35)56-46-21-17-34(7)24-44(46)42-20-19-38(29-48(42)56)57-47-22-18-37(52(8,9)10)28-45(47)43-16-13-23-54-50(43)57/h12-29,31-33H,30H2,1-11H3/t53-/m0/s1. The van der Waals surface area contributed by atoms with Gasteiger partial charge in [0.1, 0.15) is 12.3 Å². The minimum atomic E-state index is -0.284. The molecule has 4 heterocycles. The number of hydrogen-bond acceptors (Lipinski definition) is 3. The van der Waals surface area contributed by atoms with Gasteiger partial charge in [0, 0.05) is 44.7 Å². The zero-order valence-electron chi connectivity index (χ0n) is 36.0. The molecule has 0 bridgehead atoms. The van der Waals surface area contributed by atoms with Gasteiger partial charge < -0.3 is 9.30 Å². The molecular weight excluding hydrogens is 709 g/mol. The molecule has 1 atom stereocenters. The van der Waals surface area contributed by atoms with Gasteiger partial charge in [-0.05, 0) is 132 Å². The Labute approximate surface area is 343 Å². The van der Waals surface area contributed by atoms with Crippen LogP contribution in [0.1, 0.15) is 109 Å². The molecule has 0 radical (unpaired) electrons. The molecular formula is C53H56N4O. The monoisotopic (exact) mass is 764 g/mol. The zero-order valence-corrected chi connectivity index (χ0v) is 36.0. The van der Waals surface area contributed by atoms with Gasteiger partial charge in [0.05, 0.1) is 22.1 Å². The third kappa shape index (κ3) is 6.13. The molecule has 9 rings (SSSR count). The van der Waals surface area contributed by atoms with Crippen molar-refractivity contribution in [1.29, 1.82) is 0 Å². The van der Waals surface area contributed by atoms with Crippen LogP contribution >= 0.6 is 0 Å². The van der Waals surface area contributed by atoms with Crippen LogP contribution in [-0.2, 0) is 10.2 Å². The third-order valence-electron chi connectivity index (χ3n) is 12.7. The van der Waals surface area contributed by atoms with E-state index in [9.17, 15) is 0 Å². The Hall–Kier alpha value is -5.68. The first kappa shape index (κ1) is 37.9. The Balaban J connectivity index is 1.36. The van der Waals surface area contributed by atoms with Gasteiger partial charge in [0.25, 0.3) is 0 Å². The fourth-order valence-electron chi connectivity index (χ4n) is 8.96. The summed E-state index contributed by atoms with van der Waals surface area (Å²) in [6, 6.07) is 38.8. The second-order valence-electron chi connectivity index (χ2n) is 18.9. The van der Waals surface area contributed by atoms with Gasteiger partial charge in [-0.2, -0.15) is 0 Å². The Bertz CT molecular complexity index is 2920. The predicted molar refractivity (Wildman–Crippen MR) is 246 cm³/mol. The van der Waals surface area contributed by atoms with E-state index >= 15 is 0 Å². The lowest BCUT2D eigenvalue weighted by Gasteiger charge is -2.22. The number of aliphatic imine (C=N–C) groups is 1. The smallest absolute Gasteiger partial charge is 0.216 e. The highest BCUT2D eigenvalue weighted by atomic mass is 16.5. The van der Waals surface area contributed by atoms with E-state index in [2.05, 4.69) is 182 Å². The highest BCUT2D eigenvalue weighted by Crippen LogP contribution is 2.42. The molecule has 58 heavy (non-hydrogen) atoms. The van der Waals surface area contributed by atoms with Gasteiger partial charge >= 0.3 is 0 Å². The van der Waals surface area contributed by atoms with Crippen molar-refractivity contribution in [1.82, 2.24) is 14.1 Å². The number of nitrogens with zero attached hydrogens (tertiary/aromatic N) is 4.